The number of aliphatic hydroxyl groups is 1. The van der Waals surface area contributed by atoms with Crippen LogP contribution in [0.1, 0.15) is 38.4 Å². The fraction of sp³-hybridized carbons (Fsp3) is 0.571. The summed E-state index contributed by atoms with van der Waals surface area (Å²) < 4.78 is 32.8. The van der Waals surface area contributed by atoms with Crippen LogP contribution in [-0.4, -0.2) is 32.3 Å². The van der Waals surface area contributed by atoms with Crippen LogP contribution in [0.3, 0.4) is 0 Å². The molecule has 1 saturated heterocycles. The first-order chi connectivity index (χ1) is 9.38. The number of benzene rings is 1. The van der Waals surface area contributed by atoms with Crippen LogP contribution in [0.4, 0.5) is 0 Å². The molecule has 20 heavy (non-hydrogen) atoms. The Labute approximate surface area is 120 Å². The summed E-state index contributed by atoms with van der Waals surface area (Å²) in [4.78, 5) is 0.190. The van der Waals surface area contributed by atoms with E-state index in [-0.39, 0.29) is 17.0 Å². The highest BCUT2D eigenvalue weighted by Crippen LogP contribution is 2.20. The molecule has 1 aromatic carbocycles. The SMILES string of the molecule is CC1CC(NS(=O)(=O)c2cccc(C(C)O)c2)CCO1. The second kappa shape index (κ2) is 6.22. The van der Waals surface area contributed by atoms with Crippen molar-refractivity contribution in [3.63, 3.8) is 0 Å². The van der Waals surface area contributed by atoms with Gasteiger partial charge in [0.25, 0.3) is 0 Å². The monoisotopic (exact) mass is 299 g/mol. The van der Waals surface area contributed by atoms with Gasteiger partial charge in [-0.2, -0.15) is 0 Å². The Morgan fingerprint density at radius 2 is 2.20 bits per heavy atom. The molecule has 6 heteroatoms. The van der Waals surface area contributed by atoms with Crippen molar-refractivity contribution in [2.45, 2.75) is 49.8 Å². The van der Waals surface area contributed by atoms with Crippen LogP contribution in [0.5, 0.6) is 0 Å². The first-order valence-electron chi connectivity index (χ1n) is 6.80. The Morgan fingerprint density at radius 3 is 2.85 bits per heavy atom. The summed E-state index contributed by atoms with van der Waals surface area (Å²) in [5.41, 5.74) is 0.591. The maximum atomic E-state index is 12.3. The molecule has 112 valence electrons. The summed E-state index contributed by atoms with van der Waals surface area (Å²) in [5, 5.41) is 9.54. The van der Waals surface area contributed by atoms with Gasteiger partial charge >= 0.3 is 0 Å². The topological polar surface area (TPSA) is 75.6 Å². The number of ether oxygens (including phenoxy) is 1. The van der Waals surface area contributed by atoms with Crippen LogP contribution in [0.2, 0.25) is 0 Å². The van der Waals surface area contributed by atoms with Gasteiger partial charge in [-0.15, -0.1) is 0 Å². The highest BCUT2D eigenvalue weighted by atomic mass is 32.2. The maximum Gasteiger partial charge on any atom is 0.240 e. The van der Waals surface area contributed by atoms with Gasteiger partial charge in [-0.3, -0.25) is 0 Å². The number of hydrogen-bond acceptors (Lipinski definition) is 4. The summed E-state index contributed by atoms with van der Waals surface area (Å²) in [6.07, 6.45) is 0.739. The molecule has 1 aliphatic rings. The van der Waals surface area contributed by atoms with E-state index in [1.54, 1.807) is 19.1 Å². The summed E-state index contributed by atoms with van der Waals surface area (Å²) in [6.45, 7) is 4.12. The van der Waals surface area contributed by atoms with Crippen molar-refractivity contribution in [1.29, 1.82) is 0 Å². The third-order valence-electron chi connectivity index (χ3n) is 3.46. The Kier molecular flexibility index (Phi) is 4.80. The van der Waals surface area contributed by atoms with Crippen molar-refractivity contribution in [2.24, 2.45) is 0 Å². The van der Waals surface area contributed by atoms with E-state index in [4.69, 9.17) is 4.74 Å². The zero-order valence-corrected chi connectivity index (χ0v) is 12.6. The molecule has 2 rings (SSSR count). The first-order valence-corrected chi connectivity index (χ1v) is 8.29. The van der Waals surface area contributed by atoms with Crippen LogP contribution in [0.25, 0.3) is 0 Å². The molecule has 3 atom stereocenters. The van der Waals surface area contributed by atoms with Gasteiger partial charge in [0.1, 0.15) is 0 Å². The van der Waals surface area contributed by atoms with Gasteiger partial charge in [-0.25, -0.2) is 13.1 Å². The molecule has 1 aliphatic heterocycles. The molecule has 0 radical (unpaired) electrons. The molecule has 3 unspecified atom stereocenters. The molecule has 0 bridgehead atoms. The third-order valence-corrected chi connectivity index (χ3v) is 4.98. The molecule has 0 aromatic heterocycles. The van der Waals surface area contributed by atoms with E-state index in [1.807, 2.05) is 6.92 Å². The average Bonchev–Trinajstić information content (AvgIpc) is 2.38. The predicted molar refractivity (Wildman–Crippen MR) is 75.8 cm³/mol. The standard InChI is InChI=1S/C14H21NO4S/c1-10-8-13(6-7-19-10)15-20(17,18)14-5-3-4-12(9-14)11(2)16/h3-5,9-11,13,15-16H,6-8H2,1-2H3. The second-order valence-electron chi connectivity index (χ2n) is 5.27. The highest BCUT2D eigenvalue weighted by molar-refractivity contribution is 7.89. The molecular weight excluding hydrogens is 278 g/mol. The number of rotatable bonds is 4. The molecule has 1 fully saturated rings. The van der Waals surface area contributed by atoms with E-state index >= 15 is 0 Å². The molecule has 0 saturated carbocycles. The number of nitrogens with one attached hydrogen (secondary N) is 1. The minimum atomic E-state index is -3.56. The highest BCUT2D eigenvalue weighted by Gasteiger charge is 2.25. The van der Waals surface area contributed by atoms with Crippen LogP contribution in [0, 0.1) is 0 Å². The molecule has 0 spiro atoms. The largest absolute Gasteiger partial charge is 0.389 e. The number of sulfonamides is 1. The lowest BCUT2D eigenvalue weighted by Crippen LogP contribution is -2.41. The van der Waals surface area contributed by atoms with E-state index in [0.29, 0.717) is 25.0 Å². The Balaban J connectivity index is 2.15. The Bertz CT molecular complexity index is 556. The molecule has 2 N–H and O–H groups in total. The maximum absolute atomic E-state index is 12.3. The quantitative estimate of drug-likeness (QED) is 0.885. The fourth-order valence-electron chi connectivity index (χ4n) is 2.33. The van der Waals surface area contributed by atoms with E-state index < -0.39 is 16.1 Å². The smallest absolute Gasteiger partial charge is 0.240 e. The van der Waals surface area contributed by atoms with Gasteiger partial charge in [0.05, 0.1) is 17.1 Å². The first kappa shape index (κ1) is 15.4. The fourth-order valence-corrected chi connectivity index (χ4v) is 3.67. The summed E-state index contributed by atoms with van der Waals surface area (Å²) in [7, 11) is -3.56. The van der Waals surface area contributed by atoms with Gasteiger partial charge in [-0.1, -0.05) is 12.1 Å². The van der Waals surface area contributed by atoms with E-state index in [2.05, 4.69) is 4.72 Å². The van der Waals surface area contributed by atoms with E-state index in [9.17, 15) is 13.5 Å². The molecule has 0 amide bonds. The summed E-state index contributed by atoms with van der Waals surface area (Å²) >= 11 is 0. The average molecular weight is 299 g/mol. The molecule has 5 nitrogen and oxygen atoms in total. The molecular formula is C14H21NO4S. The van der Waals surface area contributed by atoms with Crippen LogP contribution in [-0.2, 0) is 14.8 Å². The molecule has 1 aromatic rings. The van der Waals surface area contributed by atoms with Crippen molar-refractivity contribution in [2.75, 3.05) is 6.61 Å². The minimum absolute atomic E-state index is 0.0697. The van der Waals surface area contributed by atoms with Crippen molar-refractivity contribution >= 4 is 10.0 Å². The van der Waals surface area contributed by atoms with Crippen molar-refractivity contribution < 1.29 is 18.3 Å². The Morgan fingerprint density at radius 1 is 1.45 bits per heavy atom. The molecule has 1 heterocycles. The van der Waals surface area contributed by atoms with Crippen LogP contribution < -0.4 is 4.72 Å². The van der Waals surface area contributed by atoms with E-state index in [1.165, 1.54) is 12.1 Å². The zero-order chi connectivity index (χ0) is 14.8. The normalized spacial score (nSPS) is 25.4. The van der Waals surface area contributed by atoms with Crippen LogP contribution >= 0.6 is 0 Å². The lowest BCUT2D eigenvalue weighted by Gasteiger charge is -2.27. The van der Waals surface area contributed by atoms with Crippen molar-refractivity contribution in [3.8, 4) is 0 Å². The lowest BCUT2D eigenvalue weighted by atomic mass is 10.1. The van der Waals surface area contributed by atoms with Gasteiger partial charge in [-0.05, 0) is 44.4 Å². The number of aliphatic hydroxyl groups excluding tert-OH is 1. The minimum Gasteiger partial charge on any atom is -0.389 e. The Hall–Kier alpha value is -0.950. The van der Waals surface area contributed by atoms with E-state index in [0.717, 1.165) is 0 Å². The van der Waals surface area contributed by atoms with Gasteiger partial charge in [0.15, 0.2) is 0 Å². The van der Waals surface area contributed by atoms with Gasteiger partial charge in [0.2, 0.25) is 10.0 Å². The molecule has 0 aliphatic carbocycles. The summed E-state index contributed by atoms with van der Waals surface area (Å²) in [5.74, 6) is 0. The number of hydrogen-bond donors (Lipinski definition) is 2. The van der Waals surface area contributed by atoms with Gasteiger partial charge in [0, 0.05) is 12.6 Å². The van der Waals surface area contributed by atoms with Crippen LogP contribution in [0.15, 0.2) is 29.2 Å². The third kappa shape index (κ3) is 3.79. The van der Waals surface area contributed by atoms with Crippen molar-refractivity contribution in [1.82, 2.24) is 4.72 Å². The lowest BCUT2D eigenvalue weighted by molar-refractivity contribution is 0.0173. The van der Waals surface area contributed by atoms with Gasteiger partial charge < -0.3 is 9.84 Å². The second-order valence-corrected chi connectivity index (χ2v) is 6.99. The summed E-state index contributed by atoms with van der Waals surface area (Å²) in [6, 6.07) is 6.30. The predicted octanol–water partition coefficient (Wildman–Crippen LogP) is 1.59. The van der Waals surface area contributed by atoms with Crippen molar-refractivity contribution in [3.05, 3.63) is 29.8 Å². The zero-order valence-electron chi connectivity index (χ0n) is 11.7.